The molecule has 1 unspecified atom stereocenters. The van der Waals surface area contributed by atoms with Crippen molar-refractivity contribution in [3.05, 3.63) is 0 Å². The van der Waals surface area contributed by atoms with Gasteiger partial charge in [0.25, 0.3) is 0 Å². The summed E-state index contributed by atoms with van der Waals surface area (Å²) in [5.74, 6) is 2.37. The van der Waals surface area contributed by atoms with Crippen LogP contribution >= 0.6 is 0 Å². The molecule has 8 atom stereocenters. The number of aliphatic carboxylic acids is 2. The molecule has 0 amide bonds. The van der Waals surface area contributed by atoms with E-state index in [0.717, 1.165) is 37.0 Å². The van der Waals surface area contributed by atoms with Crippen molar-refractivity contribution in [2.75, 3.05) is 0 Å². The Hall–Kier alpha value is -1.06. The molecule has 0 spiro atoms. The second-order valence-corrected chi connectivity index (χ2v) is 12.4. The zero-order valence-electron chi connectivity index (χ0n) is 20.5. The van der Waals surface area contributed by atoms with Gasteiger partial charge in [-0.25, -0.2) is 0 Å². The molecule has 2 N–H and O–H groups in total. The molecule has 4 heteroatoms. The van der Waals surface area contributed by atoms with Crippen molar-refractivity contribution < 1.29 is 19.8 Å². The third-order valence-electron chi connectivity index (χ3n) is 10.2. The number of rotatable bonds is 9. The molecule has 0 aromatic heterocycles. The van der Waals surface area contributed by atoms with E-state index in [1.54, 1.807) is 0 Å². The SMILES string of the molecule is CC(C)CCC[C@@H](C)[C@H]1CC[C@H]2[C@@H]3CCC(CC(=O)O)[C@](C)(CC(=O)O)[C@H]3CC[C@]12C. The van der Waals surface area contributed by atoms with Gasteiger partial charge in [-0.2, -0.15) is 0 Å². The van der Waals surface area contributed by atoms with Crippen molar-refractivity contribution in [3.63, 3.8) is 0 Å². The highest BCUT2D eigenvalue weighted by molar-refractivity contribution is 5.69. The van der Waals surface area contributed by atoms with Crippen molar-refractivity contribution in [2.24, 2.45) is 52.3 Å². The summed E-state index contributed by atoms with van der Waals surface area (Å²) >= 11 is 0. The van der Waals surface area contributed by atoms with Crippen LogP contribution in [0.2, 0.25) is 0 Å². The molecule has 4 nitrogen and oxygen atoms in total. The maximum Gasteiger partial charge on any atom is 0.303 e. The monoisotopic (exact) mass is 434 g/mol. The zero-order chi connectivity index (χ0) is 23.0. The molecule has 3 aliphatic carbocycles. The first-order valence-electron chi connectivity index (χ1n) is 12.9. The summed E-state index contributed by atoms with van der Waals surface area (Å²) < 4.78 is 0. The molecule has 0 aromatic rings. The fourth-order valence-electron chi connectivity index (χ4n) is 8.71. The summed E-state index contributed by atoms with van der Waals surface area (Å²) in [5, 5.41) is 19.2. The number of carboxylic acids is 2. The molecular weight excluding hydrogens is 388 g/mol. The van der Waals surface area contributed by atoms with Crippen LogP contribution in [0.5, 0.6) is 0 Å². The van der Waals surface area contributed by atoms with Crippen molar-refractivity contribution in [1.29, 1.82) is 0 Å². The summed E-state index contributed by atoms with van der Waals surface area (Å²) in [6.07, 6.45) is 11.0. The Kier molecular flexibility index (Phi) is 7.48. The van der Waals surface area contributed by atoms with E-state index < -0.39 is 17.4 Å². The lowest BCUT2D eigenvalue weighted by molar-refractivity contribution is -0.155. The molecule has 3 saturated carbocycles. The van der Waals surface area contributed by atoms with E-state index in [1.807, 2.05) is 0 Å². The molecule has 0 heterocycles. The van der Waals surface area contributed by atoms with Crippen molar-refractivity contribution >= 4 is 11.9 Å². The molecule has 0 radical (unpaired) electrons. The largest absolute Gasteiger partial charge is 0.481 e. The standard InChI is InChI=1S/C27H46O4/c1-17(2)7-6-8-18(3)21-11-12-22-20-10-9-19(15-24(28)29)27(5,16-25(30)31)23(20)13-14-26(21,22)4/h17-23H,6-16H2,1-5H3,(H,28,29)(H,30,31)/t18-,19?,20+,21-,22+,23+,26-,27+/m1/s1. The zero-order valence-corrected chi connectivity index (χ0v) is 20.5. The molecule has 3 rings (SSSR count). The van der Waals surface area contributed by atoms with Crippen molar-refractivity contribution in [2.45, 2.75) is 105 Å². The number of carbonyl (C=O) groups is 2. The smallest absolute Gasteiger partial charge is 0.303 e. The van der Waals surface area contributed by atoms with E-state index in [0.29, 0.717) is 23.2 Å². The summed E-state index contributed by atoms with van der Waals surface area (Å²) in [6, 6.07) is 0. The van der Waals surface area contributed by atoms with E-state index in [-0.39, 0.29) is 18.8 Å². The minimum absolute atomic E-state index is 0.0149. The van der Waals surface area contributed by atoms with E-state index in [1.165, 1.54) is 38.5 Å². The van der Waals surface area contributed by atoms with E-state index >= 15 is 0 Å². The molecule has 0 aliphatic heterocycles. The predicted octanol–water partition coefficient (Wildman–Crippen LogP) is 6.87. The highest BCUT2D eigenvalue weighted by atomic mass is 16.4. The molecule has 3 fully saturated rings. The average Bonchev–Trinajstić information content (AvgIpc) is 3.00. The second kappa shape index (κ2) is 9.43. The van der Waals surface area contributed by atoms with Crippen LogP contribution in [0.25, 0.3) is 0 Å². The second-order valence-electron chi connectivity index (χ2n) is 12.4. The van der Waals surface area contributed by atoms with Crippen LogP contribution < -0.4 is 0 Å². The summed E-state index contributed by atoms with van der Waals surface area (Å²) in [6.45, 7) is 11.8. The van der Waals surface area contributed by atoms with Crippen molar-refractivity contribution in [3.8, 4) is 0 Å². The Morgan fingerprint density at radius 3 is 2.23 bits per heavy atom. The van der Waals surface area contributed by atoms with E-state index in [9.17, 15) is 19.8 Å². The number of fused-ring (bicyclic) bond motifs is 3. The van der Waals surface area contributed by atoms with Gasteiger partial charge < -0.3 is 10.2 Å². The fraction of sp³-hybridized carbons (Fsp3) is 0.926. The minimum atomic E-state index is -0.781. The van der Waals surface area contributed by atoms with Crippen LogP contribution in [-0.2, 0) is 9.59 Å². The first kappa shape index (κ1) is 24.6. The normalized spacial score (nSPS) is 40.9. The topological polar surface area (TPSA) is 74.6 Å². The van der Waals surface area contributed by atoms with Crippen LogP contribution in [0.15, 0.2) is 0 Å². The number of hydrogen-bond donors (Lipinski definition) is 2. The van der Waals surface area contributed by atoms with Gasteiger partial charge in [0, 0.05) is 6.42 Å². The van der Waals surface area contributed by atoms with Crippen molar-refractivity contribution in [1.82, 2.24) is 0 Å². The highest BCUT2D eigenvalue weighted by Crippen LogP contribution is 2.67. The Morgan fingerprint density at radius 2 is 1.61 bits per heavy atom. The van der Waals surface area contributed by atoms with E-state index in [4.69, 9.17) is 0 Å². The lowest BCUT2D eigenvalue weighted by atomic mass is 9.45. The predicted molar refractivity (Wildman–Crippen MR) is 124 cm³/mol. The summed E-state index contributed by atoms with van der Waals surface area (Å²) in [4.78, 5) is 23.3. The first-order valence-corrected chi connectivity index (χ1v) is 12.9. The maximum absolute atomic E-state index is 11.8. The van der Waals surface area contributed by atoms with Gasteiger partial charge in [-0.15, -0.1) is 0 Å². The van der Waals surface area contributed by atoms with Gasteiger partial charge in [0.15, 0.2) is 0 Å². The molecule has 3 aliphatic rings. The third-order valence-corrected chi connectivity index (χ3v) is 10.2. The van der Waals surface area contributed by atoms with E-state index in [2.05, 4.69) is 34.6 Å². The number of hydrogen-bond acceptors (Lipinski definition) is 2. The van der Waals surface area contributed by atoms with Crippen LogP contribution in [0.4, 0.5) is 0 Å². The molecule has 0 saturated heterocycles. The van der Waals surface area contributed by atoms with Gasteiger partial charge in [-0.05, 0) is 90.8 Å². The average molecular weight is 435 g/mol. The maximum atomic E-state index is 11.8. The molecule has 178 valence electrons. The van der Waals surface area contributed by atoms with Crippen LogP contribution in [0.1, 0.15) is 105 Å². The third kappa shape index (κ3) is 4.83. The Balaban J connectivity index is 1.78. The minimum Gasteiger partial charge on any atom is -0.481 e. The summed E-state index contributed by atoms with van der Waals surface area (Å²) in [7, 11) is 0. The van der Waals surface area contributed by atoms with Gasteiger partial charge in [0.2, 0.25) is 0 Å². The Morgan fingerprint density at radius 1 is 0.903 bits per heavy atom. The molecule has 31 heavy (non-hydrogen) atoms. The lowest BCUT2D eigenvalue weighted by Gasteiger charge is -2.59. The highest BCUT2D eigenvalue weighted by Gasteiger charge is 2.60. The molecular formula is C27H46O4. The first-order chi connectivity index (χ1) is 14.5. The van der Waals surface area contributed by atoms with Crippen LogP contribution in [-0.4, -0.2) is 22.2 Å². The Bertz CT molecular complexity index is 658. The Labute approximate surface area is 189 Å². The molecule has 0 bridgehead atoms. The summed E-state index contributed by atoms with van der Waals surface area (Å²) in [5.41, 5.74) is -0.0163. The van der Waals surface area contributed by atoms with Gasteiger partial charge >= 0.3 is 11.9 Å². The quantitative estimate of drug-likeness (QED) is 0.415. The van der Waals surface area contributed by atoms with Gasteiger partial charge in [0.1, 0.15) is 0 Å². The number of carboxylic acid groups (broad SMARTS) is 2. The van der Waals surface area contributed by atoms with Gasteiger partial charge in [-0.1, -0.05) is 53.9 Å². The fourth-order valence-corrected chi connectivity index (χ4v) is 8.71. The lowest BCUT2D eigenvalue weighted by Crippen LogP contribution is -2.53. The molecule has 0 aromatic carbocycles. The van der Waals surface area contributed by atoms with Gasteiger partial charge in [0.05, 0.1) is 6.42 Å². The van der Waals surface area contributed by atoms with Crippen LogP contribution in [0, 0.1) is 52.3 Å². The van der Waals surface area contributed by atoms with Gasteiger partial charge in [-0.3, -0.25) is 9.59 Å². The van der Waals surface area contributed by atoms with Crippen LogP contribution in [0.3, 0.4) is 0 Å².